The Balaban J connectivity index is 2.53. The fourth-order valence-electron chi connectivity index (χ4n) is 2.17. The molecule has 0 radical (unpaired) electrons. The lowest BCUT2D eigenvalue weighted by Crippen LogP contribution is -2.13. The van der Waals surface area contributed by atoms with Crippen molar-refractivity contribution < 1.29 is 9.13 Å². The zero-order chi connectivity index (χ0) is 13.4. The molecule has 0 heterocycles. The third-order valence-electron chi connectivity index (χ3n) is 3.22. The first kappa shape index (κ1) is 15.0. The van der Waals surface area contributed by atoms with Crippen molar-refractivity contribution in [2.75, 3.05) is 7.11 Å². The molecule has 18 heavy (non-hydrogen) atoms. The van der Waals surface area contributed by atoms with E-state index in [-0.39, 0.29) is 11.9 Å². The maximum absolute atomic E-state index is 13.8. The Morgan fingerprint density at radius 3 is 2.61 bits per heavy atom. The second-order valence-electron chi connectivity index (χ2n) is 4.67. The minimum Gasteiger partial charge on any atom is -0.496 e. The molecule has 0 fully saturated rings. The molecule has 102 valence electrons. The van der Waals surface area contributed by atoms with Crippen LogP contribution in [0.2, 0.25) is 0 Å². The molecule has 0 spiro atoms. The van der Waals surface area contributed by atoms with Gasteiger partial charge in [-0.1, -0.05) is 45.1 Å². The van der Waals surface area contributed by atoms with Crippen molar-refractivity contribution in [1.29, 1.82) is 0 Å². The van der Waals surface area contributed by atoms with Gasteiger partial charge in [-0.25, -0.2) is 4.39 Å². The molecular formula is C15H24FNO. The minimum absolute atomic E-state index is 0.268. The molecule has 0 amide bonds. The summed E-state index contributed by atoms with van der Waals surface area (Å²) in [4.78, 5) is 0. The number of benzene rings is 1. The van der Waals surface area contributed by atoms with Crippen molar-refractivity contribution in [1.82, 2.24) is 0 Å². The molecular weight excluding hydrogens is 229 g/mol. The van der Waals surface area contributed by atoms with Crippen molar-refractivity contribution in [2.45, 2.75) is 51.5 Å². The fraction of sp³-hybridized carbons (Fsp3) is 0.600. The second kappa shape index (κ2) is 8.09. The van der Waals surface area contributed by atoms with Crippen LogP contribution in [0.15, 0.2) is 18.2 Å². The van der Waals surface area contributed by atoms with Gasteiger partial charge in [0.2, 0.25) is 0 Å². The lowest BCUT2D eigenvalue weighted by molar-refractivity contribution is 0.395. The van der Waals surface area contributed by atoms with E-state index < -0.39 is 0 Å². The summed E-state index contributed by atoms with van der Waals surface area (Å²) >= 11 is 0. The van der Waals surface area contributed by atoms with Gasteiger partial charge in [0.15, 0.2) is 0 Å². The number of rotatable bonds is 8. The Bertz CT molecular complexity index is 354. The van der Waals surface area contributed by atoms with Gasteiger partial charge in [0.25, 0.3) is 0 Å². The van der Waals surface area contributed by atoms with Gasteiger partial charge in [-0.3, -0.25) is 0 Å². The van der Waals surface area contributed by atoms with E-state index in [4.69, 9.17) is 10.5 Å². The van der Waals surface area contributed by atoms with E-state index in [0.717, 1.165) is 19.3 Å². The van der Waals surface area contributed by atoms with Crippen LogP contribution in [0.1, 0.15) is 57.1 Å². The number of halogens is 1. The van der Waals surface area contributed by atoms with E-state index in [1.807, 2.05) is 0 Å². The molecule has 2 nitrogen and oxygen atoms in total. The summed E-state index contributed by atoms with van der Waals surface area (Å²) in [5.41, 5.74) is 6.58. The van der Waals surface area contributed by atoms with Crippen LogP contribution in [-0.4, -0.2) is 7.11 Å². The summed E-state index contributed by atoms with van der Waals surface area (Å²) in [6.45, 7) is 2.19. The highest BCUT2D eigenvalue weighted by Crippen LogP contribution is 2.29. The van der Waals surface area contributed by atoms with Gasteiger partial charge in [-0.15, -0.1) is 0 Å². The van der Waals surface area contributed by atoms with Crippen LogP contribution in [0.5, 0.6) is 5.75 Å². The topological polar surface area (TPSA) is 35.2 Å². The average Bonchev–Trinajstić information content (AvgIpc) is 2.37. The molecule has 0 aromatic heterocycles. The molecule has 1 unspecified atom stereocenters. The SMILES string of the molecule is CCCCCCCC(N)c1c(F)cccc1OC. The number of ether oxygens (including phenoxy) is 1. The second-order valence-corrected chi connectivity index (χ2v) is 4.67. The standard InChI is InChI=1S/C15H24FNO/c1-3-4-5-6-7-10-13(17)15-12(16)9-8-11-14(15)18-2/h8-9,11,13H,3-7,10,17H2,1-2H3. The molecule has 1 aromatic rings. The van der Waals surface area contributed by atoms with Crippen LogP contribution in [-0.2, 0) is 0 Å². The normalized spacial score (nSPS) is 12.4. The predicted molar refractivity (Wildman–Crippen MR) is 73.3 cm³/mol. The van der Waals surface area contributed by atoms with E-state index >= 15 is 0 Å². The van der Waals surface area contributed by atoms with Crippen LogP contribution in [0, 0.1) is 5.82 Å². The molecule has 0 bridgehead atoms. The molecule has 1 atom stereocenters. The molecule has 2 N–H and O–H groups in total. The third kappa shape index (κ3) is 4.30. The zero-order valence-electron chi connectivity index (χ0n) is 11.4. The van der Waals surface area contributed by atoms with Gasteiger partial charge in [0.05, 0.1) is 7.11 Å². The lowest BCUT2D eigenvalue weighted by atomic mass is 9.99. The Hall–Kier alpha value is -1.09. The largest absolute Gasteiger partial charge is 0.496 e. The average molecular weight is 253 g/mol. The summed E-state index contributed by atoms with van der Waals surface area (Å²) < 4.78 is 18.9. The van der Waals surface area contributed by atoms with Crippen molar-refractivity contribution in [2.24, 2.45) is 5.73 Å². The van der Waals surface area contributed by atoms with Crippen molar-refractivity contribution in [3.8, 4) is 5.75 Å². The maximum atomic E-state index is 13.8. The van der Waals surface area contributed by atoms with Crippen molar-refractivity contribution in [3.63, 3.8) is 0 Å². The molecule has 0 aliphatic rings. The van der Waals surface area contributed by atoms with Crippen LogP contribution in [0.3, 0.4) is 0 Å². The number of nitrogens with two attached hydrogens (primary N) is 1. The smallest absolute Gasteiger partial charge is 0.131 e. The first-order valence-electron chi connectivity index (χ1n) is 6.78. The molecule has 0 aliphatic heterocycles. The zero-order valence-corrected chi connectivity index (χ0v) is 11.4. The van der Waals surface area contributed by atoms with Crippen molar-refractivity contribution >= 4 is 0 Å². The Labute approximate surface area is 109 Å². The van der Waals surface area contributed by atoms with E-state index in [2.05, 4.69) is 6.92 Å². The third-order valence-corrected chi connectivity index (χ3v) is 3.22. The van der Waals surface area contributed by atoms with E-state index in [9.17, 15) is 4.39 Å². The number of unbranched alkanes of at least 4 members (excludes halogenated alkanes) is 4. The Morgan fingerprint density at radius 1 is 1.22 bits per heavy atom. The molecule has 1 aromatic carbocycles. The lowest BCUT2D eigenvalue weighted by Gasteiger charge is -2.16. The highest BCUT2D eigenvalue weighted by Gasteiger charge is 2.16. The molecule has 0 saturated carbocycles. The summed E-state index contributed by atoms with van der Waals surface area (Å²) in [6.07, 6.45) is 6.74. The number of methoxy groups -OCH3 is 1. The molecule has 0 saturated heterocycles. The van der Waals surface area contributed by atoms with Gasteiger partial charge in [-0.2, -0.15) is 0 Å². The fourth-order valence-corrected chi connectivity index (χ4v) is 2.17. The molecule has 3 heteroatoms. The van der Waals surface area contributed by atoms with Crippen LogP contribution in [0.25, 0.3) is 0 Å². The Morgan fingerprint density at radius 2 is 1.94 bits per heavy atom. The van der Waals surface area contributed by atoms with Crippen LogP contribution in [0.4, 0.5) is 4.39 Å². The van der Waals surface area contributed by atoms with E-state index in [1.165, 1.54) is 25.3 Å². The summed E-state index contributed by atoms with van der Waals surface area (Å²) in [5, 5.41) is 0. The van der Waals surface area contributed by atoms with Gasteiger partial charge >= 0.3 is 0 Å². The molecule has 1 rings (SSSR count). The van der Waals surface area contributed by atoms with Crippen LogP contribution < -0.4 is 10.5 Å². The maximum Gasteiger partial charge on any atom is 0.131 e. The quantitative estimate of drug-likeness (QED) is 0.705. The number of hydrogen-bond donors (Lipinski definition) is 1. The Kier molecular flexibility index (Phi) is 6.73. The highest BCUT2D eigenvalue weighted by atomic mass is 19.1. The van der Waals surface area contributed by atoms with E-state index in [1.54, 1.807) is 19.2 Å². The van der Waals surface area contributed by atoms with E-state index in [0.29, 0.717) is 11.3 Å². The van der Waals surface area contributed by atoms with Crippen LogP contribution >= 0.6 is 0 Å². The summed E-state index contributed by atoms with van der Waals surface area (Å²) in [6, 6.07) is 4.57. The van der Waals surface area contributed by atoms with Gasteiger partial charge in [0.1, 0.15) is 11.6 Å². The monoisotopic (exact) mass is 253 g/mol. The van der Waals surface area contributed by atoms with Crippen molar-refractivity contribution in [3.05, 3.63) is 29.6 Å². The first-order valence-corrected chi connectivity index (χ1v) is 6.78. The highest BCUT2D eigenvalue weighted by molar-refractivity contribution is 5.36. The number of hydrogen-bond acceptors (Lipinski definition) is 2. The van der Waals surface area contributed by atoms with Gasteiger partial charge in [0, 0.05) is 11.6 Å². The summed E-state index contributed by atoms with van der Waals surface area (Å²) in [7, 11) is 1.55. The molecule has 0 aliphatic carbocycles. The predicted octanol–water partition coefficient (Wildman–Crippen LogP) is 4.19. The minimum atomic E-state index is -0.275. The van der Waals surface area contributed by atoms with Gasteiger partial charge < -0.3 is 10.5 Å². The van der Waals surface area contributed by atoms with Gasteiger partial charge in [-0.05, 0) is 18.6 Å². The summed E-state index contributed by atoms with van der Waals surface area (Å²) in [5.74, 6) is 0.284. The first-order chi connectivity index (χ1) is 8.70.